The fraction of sp³-hybridized carbons (Fsp3) is 0.667. The summed E-state index contributed by atoms with van der Waals surface area (Å²) in [6.07, 6.45) is 3.70. The maximum absolute atomic E-state index is 10.3. The number of hydrogen-bond donors (Lipinski definition) is 1. The van der Waals surface area contributed by atoms with E-state index in [0.29, 0.717) is 6.42 Å². The van der Waals surface area contributed by atoms with E-state index in [0.717, 1.165) is 19.4 Å². The number of rotatable bonds is 2. The van der Waals surface area contributed by atoms with Gasteiger partial charge in [-0.05, 0) is 5.41 Å². The second-order valence-corrected chi connectivity index (χ2v) is 3.61. The second-order valence-electron chi connectivity index (χ2n) is 3.61. The molecule has 0 amide bonds. The molecule has 0 fully saturated rings. The zero-order valence-electron chi connectivity index (χ0n) is 7.18. The van der Waals surface area contributed by atoms with Crippen LogP contribution in [0.3, 0.4) is 0 Å². The number of carbonyl (C=O) groups is 1. The van der Waals surface area contributed by atoms with Gasteiger partial charge in [0, 0.05) is 19.5 Å². The Morgan fingerprint density at radius 1 is 1.73 bits per heavy atom. The maximum Gasteiger partial charge on any atom is 0.124 e. The Labute approximate surface area is 67.7 Å². The first-order chi connectivity index (χ1) is 5.17. The van der Waals surface area contributed by atoms with Crippen LogP contribution in [0.2, 0.25) is 0 Å². The van der Waals surface area contributed by atoms with Crippen molar-refractivity contribution in [1.29, 1.82) is 0 Å². The SMILES string of the molecule is CC1(C)CNCC=C1CC=O. The molecule has 11 heavy (non-hydrogen) atoms. The standard InChI is InChI=1S/C9H15NO/c1-9(2)7-10-5-3-8(9)4-6-11/h3,6,10H,4-5,7H2,1-2H3. The summed E-state index contributed by atoms with van der Waals surface area (Å²) in [5.74, 6) is 0. The molecular weight excluding hydrogens is 138 g/mol. The van der Waals surface area contributed by atoms with E-state index < -0.39 is 0 Å². The average Bonchev–Trinajstić information content (AvgIpc) is 1.94. The van der Waals surface area contributed by atoms with Crippen molar-refractivity contribution in [3.63, 3.8) is 0 Å². The zero-order chi connectivity index (χ0) is 8.32. The van der Waals surface area contributed by atoms with Gasteiger partial charge in [0.15, 0.2) is 0 Å². The van der Waals surface area contributed by atoms with Crippen molar-refractivity contribution in [3.05, 3.63) is 11.6 Å². The lowest BCUT2D eigenvalue weighted by molar-refractivity contribution is -0.107. The lowest BCUT2D eigenvalue weighted by Crippen LogP contribution is -2.35. The summed E-state index contributed by atoms with van der Waals surface area (Å²) in [5, 5.41) is 3.27. The van der Waals surface area contributed by atoms with E-state index in [-0.39, 0.29) is 5.41 Å². The second kappa shape index (κ2) is 3.18. The molecule has 0 aromatic rings. The van der Waals surface area contributed by atoms with Gasteiger partial charge in [0.2, 0.25) is 0 Å². The Kier molecular flexibility index (Phi) is 2.45. The molecule has 1 rings (SSSR count). The quantitative estimate of drug-likeness (QED) is 0.476. The molecule has 0 aliphatic carbocycles. The van der Waals surface area contributed by atoms with Crippen molar-refractivity contribution in [2.45, 2.75) is 20.3 Å². The lowest BCUT2D eigenvalue weighted by Gasteiger charge is -2.31. The minimum Gasteiger partial charge on any atom is -0.312 e. The molecule has 0 saturated heterocycles. The lowest BCUT2D eigenvalue weighted by atomic mass is 9.80. The first-order valence-corrected chi connectivity index (χ1v) is 4.01. The molecule has 1 aliphatic heterocycles. The average molecular weight is 153 g/mol. The first-order valence-electron chi connectivity index (χ1n) is 4.01. The molecular formula is C9H15NO. The molecule has 0 radical (unpaired) electrons. The topological polar surface area (TPSA) is 29.1 Å². The van der Waals surface area contributed by atoms with E-state index in [1.807, 2.05) is 0 Å². The third-order valence-corrected chi connectivity index (χ3v) is 2.23. The van der Waals surface area contributed by atoms with Crippen LogP contribution < -0.4 is 5.32 Å². The normalized spacial score (nSPS) is 22.5. The Bertz CT molecular complexity index is 182. The van der Waals surface area contributed by atoms with Crippen molar-refractivity contribution in [2.75, 3.05) is 13.1 Å². The minimum atomic E-state index is 0.166. The van der Waals surface area contributed by atoms with E-state index in [2.05, 4.69) is 25.2 Å². The van der Waals surface area contributed by atoms with Gasteiger partial charge in [-0.3, -0.25) is 0 Å². The molecule has 1 heterocycles. The van der Waals surface area contributed by atoms with Crippen molar-refractivity contribution in [3.8, 4) is 0 Å². The number of hydrogen-bond acceptors (Lipinski definition) is 2. The molecule has 1 aliphatic rings. The number of carbonyl (C=O) groups excluding carboxylic acids is 1. The third kappa shape index (κ3) is 1.90. The summed E-state index contributed by atoms with van der Waals surface area (Å²) in [6.45, 7) is 6.21. The Balaban J connectivity index is 2.71. The van der Waals surface area contributed by atoms with Crippen LogP contribution in [0, 0.1) is 5.41 Å². The molecule has 0 spiro atoms. The highest BCUT2D eigenvalue weighted by molar-refractivity contribution is 5.55. The van der Waals surface area contributed by atoms with Gasteiger partial charge in [-0.2, -0.15) is 0 Å². The molecule has 0 bridgehead atoms. The van der Waals surface area contributed by atoms with Gasteiger partial charge < -0.3 is 10.1 Å². The zero-order valence-corrected chi connectivity index (χ0v) is 7.18. The fourth-order valence-electron chi connectivity index (χ4n) is 1.42. The monoisotopic (exact) mass is 153 g/mol. The molecule has 0 saturated carbocycles. The van der Waals surface area contributed by atoms with Crippen LogP contribution in [0.4, 0.5) is 0 Å². The van der Waals surface area contributed by atoms with Crippen LogP contribution in [-0.4, -0.2) is 19.4 Å². The summed E-state index contributed by atoms with van der Waals surface area (Å²) >= 11 is 0. The largest absolute Gasteiger partial charge is 0.312 e. The number of aldehydes is 1. The van der Waals surface area contributed by atoms with Crippen LogP contribution in [-0.2, 0) is 4.79 Å². The van der Waals surface area contributed by atoms with Gasteiger partial charge in [-0.25, -0.2) is 0 Å². The molecule has 0 unspecified atom stereocenters. The van der Waals surface area contributed by atoms with Crippen LogP contribution in [0.15, 0.2) is 11.6 Å². The molecule has 0 aromatic heterocycles. The summed E-state index contributed by atoms with van der Waals surface area (Å²) in [6, 6.07) is 0. The van der Waals surface area contributed by atoms with Gasteiger partial charge in [-0.15, -0.1) is 0 Å². The molecule has 2 heteroatoms. The van der Waals surface area contributed by atoms with Crippen LogP contribution in [0.5, 0.6) is 0 Å². The summed E-state index contributed by atoms with van der Waals surface area (Å²) < 4.78 is 0. The third-order valence-electron chi connectivity index (χ3n) is 2.23. The number of nitrogens with one attached hydrogen (secondary N) is 1. The predicted octanol–water partition coefficient (Wildman–Crippen LogP) is 1.13. The Hall–Kier alpha value is -0.630. The minimum absolute atomic E-state index is 0.166. The van der Waals surface area contributed by atoms with E-state index in [1.165, 1.54) is 5.57 Å². The summed E-state index contributed by atoms with van der Waals surface area (Å²) in [5.41, 5.74) is 1.44. The molecule has 1 N–H and O–H groups in total. The molecule has 0 aromatic carbocycles. The fourth-order valence-corrected chi connectivity index (χ4v) is 1.42. The molecule has 0 atom stereocenters. The van der Waals surface area contributed by atoms with Crippen molar-refractivity contribution in [2.24, 2.45) is 5.41 Å². The van der Waals surface area contributed by atoms with Gasteiger partial charge in [0.1, 0.15) is 6.29 Å². The Morgan fingerprint density at radius 3 is 3.00 bits per heavy atom. The van der Waals surface area contributed by atoms with Crippen molar-refractivity contribution < 1.29 is 4.79 Å². The van der Waals surface area contributed by atoms with Gasteiger partial charge in [0.25, 0.3) is 0 Å². The summed E-state index contributed by atoms with van der Waals surface area (Å²) in [4.78, 5) is 10.3. The summed E-state index contributed by atoms with van der Waals surface area (Å²) in [7, 11) is 0. The van der Waals surface area contributed by atoms with Gasteiger partial charge >= 0.3 is 0 Å². The van der Waals surface area contributed by atoms with Crippen molar-refractivity contribution in [1.82, 2.24) is 5.32 Å². The highest BCUT2D eigenvalue weighted by Crippen LogP contribution is 2.28. The van der Waals surface area contributed by atoms with E-state index in [1.54, 1.807) is 0 Å². The van der Waals surface area contributed by atoms with E-state index in [9.17, 15) is 4.79 Å². The van der Waals surface area contributed by atoms with Gasteiger partial charge in [0.05, 0.1) is 0 Å². The van der Waals surface area contributed by atoms with Crippen LogP contribution in [0.25, 0.3) is 0 Å². The molecule has 62 valence electrons. The highest BCUT2D eigenvalue weighted by Gasteiger charge is 2.24. The predicted molar refractivity (Wildman–Crippen MR) is 45.4 cm³/mol. The van der Waals surface area contributed by atoms with Crippen LogP contribution >= 0.6 is 0 Å². The van der Waals surface area contributed by atoms with E-state index in [4.69, 9.17) is 0 Å². The maximum atomic E-state index is 10.3. The smallest absolute Gasteiger partial charge is 0.124 e. The molecule has 2 nitrogen and oxygen atoms in total. The highest BCUT2D eigenvalue weighted by atomic mass is 16.1. The van der Waals surface area contributed by atoms with Crippen molar-refractivity contribution >= 4 is 6.29 Å². The van der Waals surface area contributed by atoms with E-state index >= 15 is 0 Å². The van der Waals surface area contributed by atoms with Gasteiger partial charge in [-0.1, -0.05) is 25.5 Å². The Morgan fingerprint density at radius 2 is 2.45 bits per heavy atom. The first kappa shape index (κ1) is 8.47. The van der Waals surface area contributed by atoms with Crippen LogP contribution in [0.1, 0.15) is 20.3 Å².